The second-order valence-electron chi connectivity index (χ2n) is 10.4. The summed E-state index contributed by atoms with van der Waals surface area (Å²) in [4.78, 5) is 27.2. The maximum atomic E-state index is 13.4. The number of aryl methyl sites for hydroxylation is 2. The number of rotatable bonds is 8. The van der Waals surface area contributed by atoms with Gasteiger partial charge < -0.3 is 29.9 Å². The maximum absolute atomic E-state index is 13.4. The number of sulfonamides is 1. The minimum atomic E-state index is -3.94. The molecule has 0 spiro atoms. The molecule has 2 heterocycles. The van der Waals surface area contributed by atoms with E-state index in [1.807, 2.05) is 20.8 Å². The van der Waals surface area contributed by atoms with Crippen LogP contribution in [0.5, 0.6) is 5.75 Å². The number of hydrogen-bond donors (Lipinski definition) is 3. The van der Waals surface area contributed by atoms with Gasteiger partial charge in [0.1, 0.15) is 22.4 Å². The minimum Gasteiger partial charge on any atom is -0.488 e. The van der Waals surface area contributed by atoms with Crippen molar-refractivity contribution < 1.29 is 32.4 Å². The molecule has 0 fully saturated rings. The Balaban J connectivity index is 1.97. The van der Waals surface area contributed by atoms with Gasteiger partial charge >= 0.3 is 6.03 Å². The van der Waals surface area contributed by atoms with Gasteiger partial charge in [0.15, 0.2) is 5.76 Å². The van der Waals surface area contributed by atoms with Crippen molar-refractivity contribution in [3.05, 3.63) is 35.2 Å². The zero-order chi connectivity index (χ0) is 29.1. The highest BCUT2D eigenvalue weighted by atomic mass is 32.2. The van der Waals surface area contributed by atoms with Crippen LogP contribution in [-0.4, -0.2) is 84.8 Å². The van der Waals surface area contributed by atoms with E-state index in [1.165, 1.54) is 11.4 Å². The first-order valence-electron chi connectivity index (χ1n) is 12.9. The van der Waals surface area contributed by atoms with E-state index in [9.17, 15) is 23.1 Å². The summed E-state index contributed by atoms with van der Waals surface area (Å²) in [6.45, 7) is 10.4. The van der Waals surface area contributed by atoms with Crippen molar-refractivity contribution in [2.75, 3.05) is 32.1 Å². The van der Waals surface area contributed by atoms with Crippen LogP contribution in [0.2, 0.25) is 0 Å². The molecule has 13 heteroatoms. The first-order valence-corrected chi connectivity index (χ1v) is 14.3. The van der Waals surface area contributed by atoms with Crippen LogP contribution in [-0.2, 0) is 21.2 Å². The molecular formula is C26H39N5O7S. The average molecular weight is 566 g/mol. The molecule has 1 aliphatic rings. The average Bonchev–Trinajstić information content (AvgIpc) is 3.21. The van der Waals surface area contributed by atoms with Crippen molar-refractivity contribution in [1.29, 1.82) is 0 Å². The largest absolute Gasteiger partial charge is 0.488 e. The predicted molar refractivity (Wildman–Crippen MR) is 145 cm³/mol. The highest BCUT2D eigenvalue weighted by Crippen LogP contribution is 2.30. The molecule has 3 N–H and O–H groups in total. The topological polar surface area (TPSA) is 154 Å². The normalized spacial score (nSPS) is 19.1. The van der Waals surface area contributed by atoms with Crippen LogP contribution >= 0.6 is 0 Å². The van der Waals surface area contributed by atoms with E-state index in [2.05, 4.69) is 15.8 Å². The van der Waals surface area contributed by atoms with Gasteiger partial charge in [0, 0.05) is 36.8 Å². The molecule has 3 amide bonds. The molecule has 1 aromatic carbocycles. The fourth-order valence-electron chi connectivity index (χ4n) is 4.50. The van der Waals surface area contributed by atoms with Gasteiger partial charge in [-0.25, -0.2) is 13.2 Å². The number of ether oxygens (including phenoxy) is 1. The second kappa shape index (κ2) is 12.3. The number of anilines is 1. The van der Waals surface area contributed by atoms with Crippen molar-refractivity contribution in [2.24, 2.45) is 5.92 Å². The lowest BCUT2D eigenvalue weighted by Crippen LogP contribution is -2.48. The molecule has 12 nitrogen and oxygen atoms in total. The van der Waals surface area contributed by atoms with E-state index >= 15 is 0 Å². The molecule has 39 heavy (non-hydrogen) atoms. The standard InChI is InChI=1S/C26H39N5O7S/c1-15(2)27-26(34)28-21-8-9-22-20(10-21)11-24(33)31(17(4)14-32)12-16(3)23(37-22)13-30(7)39(35,36)25-18(5)29-38-19(25)6/h8-10,15-17,23,32H,11-14H2,1-7H3,(H2,27,28,34)/t16-,17+,23-/m1/s1. The number of benzene rings is 1. The Morgan fingerprint density at radius 1 is 1.28 bits per heavy atom. The van der Waals surface area contributed by atoms with E-state index in [0.717, 1.165) is 0 Å². The number of likely N-dealkylation sites (N-methyl/N-ethyl adjacent to an activating group) is 1. The number of carbonyl (C=O) groups excluding carboxylic acids is 2. The van der Waals surface area contributed by atoms with Gasteiger partial charge in [-0.05, 0) is 52.8 Å². The van der Waals surface area contributed by atoms with Crippen LogP contribution in [0, 0.1) is 19.8 Å². The summed E-state index contributed by atoms with van der Waals surface area (Å²) in [6.07, 6.45) is -0.667. The number of fused-ring (bicyclic) bond motifs is 1. The molecule has 0 aliphatic carbocycles. The second-order valence-corrected chi connectivity index (χ2v) is 12.4. The molecule has 1 aromatic heterocycles. The van der Waals surface area contributed by atoms with E-state index in [4.69, 9.17) is 9.26 Å². The quantitative estimate of drug-likeness (QED) is 0.441. The number of urea groups is 1. The Morgan fingerprint density at radius 2 is 1.97 bits per heavy atom. The summed E-state index contributed by atoms with van der Waals surface area (Å²) in [5.41, 5.74) is 1.28. The van der Waals surface area contributed by atoms with Crippen molar-refractivity contribution in [3.63, 3.8) is 0 Å². The lowest BCUT2D eigenvalue weighted by atomic mass is 10.0. The minimum absolute atomic E-state index is 0.0146. The van der Waals surface area contributed by atoms with Gasteiger partial charge in [-0.3, -0.25) is 4.79 Å². The third-order valence-electron chi connectivity index (χ3n) is 6.67. The molecule has 3 atom stereocenters. The molecular weight excluding hydrogens is 526 g/mol. The summed E-state index contributed by atoms with van der Waals surface area (Å²) in [5.74, 6) is 0.0973. The van der Waals surface area contributed by atoms with E-state index in [-0.39, 0.29) is 66.4 Å². The van der Waals surface area contributed by atoms with Gasteiger partial charge in [0.25, 0.3) is 0 Å². The molecule has 216 valence electrons. The summed E-state index contributed by atoms with van der Waals surface area (Å²) >= 11 is 0. The first-order chi connectivity index (χ1) is 18.2. The molecule has 0 saturated heterocycles. The van der Waals surface area contributed by atoms with Gasteiger partial charge in [-0.15, -0.1) is 0 Å². The summed E-state index contributed by atoms with van der Waals surface area (Å²) in [6, 6.07) is 4.11. The maximum Gasteiger partial charge on any atom is 0.319 e. The highest BCUT2D eigenvalue weighted by molar-refractivity contribution is 7.89. The summed E-state index contributed by atoms with van der Waals surface area (Å²) < 4.78 is 39.5. The number of aliphatic hydroxyl groups excluding tert-OH is 1. The molecule has 3 rings (SSSR count). The molecule has 0 radical (unpaired) electrons. The van der Waals surface area contributed by atoms with Crippen LogP contribution in [0.25, 0.3) is 0 Å². The number of aromatic nitrogens is 1. The molecule has 1 aliphatic heterocycles. The van der Waals surface area contributed by atoms with Crippen molar-refractivity contribution in [1.82, 2.24) is 19.7 Å². The number of carbonyl (C=O) groups is 2. The van der Waals surface area contributed by atoms with Gasteiger partial charge in [0.2, 0.25) is 15.9 Å². The molecule has 0 unspecified atom stereocenters. The Labute approximate surface area is 229 Å². The smallest absolute Gasteiger partial charge is 0.319 e. The lowest BCUT2D eigenvalue weighted by Gasteiger charge is -2.33. The first kappa shape index (κ1) is 30.4. The van der Waals surface area contributed by atoms with Crippen LogP contribution in [0.3, 0.4) is 0 Å². The molecule has 0 bridgehead atoms. The molecule has 0 saturated carbocycles. The number of nitrogens with zero attached hydrogens (tertiary/aromatic N) is 3. The fourth-order valence-corrected chi connectivity index (χ4v) is 5.97. The van der Waals surface area contributed by atoms with E-state index in [0.29, 0.717) is 17.0 Å². The summed E-state index contributed by atoms with van der Waals surface area (Å²) in [7, 11) is -2.48. The number of aliphatic hydroxyl groups is 1. The van der Waals surface area contributed by atoms with Crippen molar-refractivity contribution >= 4 is 27.6 Å². The third-order valence-corrected chi connectivity index (χ3v) is 8.74. The lowest BCUT2D eigenvalue weighted by molar-refractivity contribution is -0.134. The Kier molecular flexibility index (Phi) is 9.62. The monoisotopic (exact) mass is 565 g/mol. The van der Waals surface area contributed by atoms with Crippen LogP contribution in [0.4, 0.5) is 10.5 Å². The van der Waals surface area contributed by atoms with Crippen LogP contribution < -0.4 is 15.4 Å². The van der Waals surface area contributed by atoms with Gasteiger partial charge in [-0.2, -0.15) is 4.31 Å². The number of amides is 3. The fraction of sp³-hybridized carbons (Fsp3) is 0.577. The zero-order valence-corrected chi connectivity index (χ0v) is 24.3. The summed E-state index contributed by atoms with van der Waals surface area (Å²) in [5, 5.41) is 19.1. The Hall–Kier alpha value is -3.16. The van der Waals surface area contributed by atoms with E-state index < -0.39 is 22.2 Å². The molecule has 2 aromatic rings. The Morgan fingerprint density at radius 3 is 2.56 bits per heavy atom. The van der Waals surface area contributed by atoms with Gasteiger partial charge in [-0.1, -0.05) is 12.1 Å². The van der Waals surface area contributed by atoms with E-state index in [1.54, 1.807) is 43.9 Å². The van der Waals surface area contributed by atoms with Crippen LogP contribution in [0.15, 0.2) is 27.6 Å². The van der Waals surface area contributed by atoms with Crippen LogP contribution in [0.1, 0.15) is 44.7 Å². The Bertz CT molecular complexity index is 1270. The number of hydrogen-bond acceptors (Lipinski definition) is 8. The van der Waals surface area contributed by atoms with Crippen molar-refractivity contribution in [2.45, 2.75) is 71.0 Å². The third kappa shape index (κ3) is 7.08. The van der Waals surface area contributed by atoms with Gasteiger partial charge in [0.05, 0.1) is 25.6 Å². The zero-order valence-electron chi connectivity index (χ0n) is 23.5. The number of nitrogens with one attached hydrogen (secondary N) is 2. The predicted octanol–water partition coefficient (Wildman–Crippen LogP) is 2.29. The van der Waals surface area contributed by atoms with Crippen molar-refractivity contribution in [3.8, 4) is 5.75 Å². The highest BCUT2D eigenvalue weighted by Gasteiger charge is 2.35. The SMILES string of the molecule is Cc1noc(C)c1S(=O)(=O)N(C)C[C@H]1Oc2ccc(NC(=O)NC(C)C)cc2CC(=O)N([C@@H](C)CO)C[C@H]1C.